The maximum Gasteiger partial charge on any atom is 0.449 e. The second-order valence-corrected chi connectivity index (χ2v) is 6.03. The van der Waals surface area contributed by atoms with Crippen LogP contribution in [0.3, 0.4) is 0 Å². The van der Waals surface area contributed by atoms with Gasteiger partial charge in [0.2, 0.25) is 11.7 Å². The van der Waals surface area contributed by atoms with Crippen LogP contribution in [0.4, 0.5) is 13.2 Å². The molecule has 0 saturated carbocycles. The van der Waals surface area contributed by atoms with Crippen LogP contribution in [0.2, 0.25) is 0 Å². The first kappa shape index (κ1) is 17.2. The number of hydrogen-bond acceptors (Lipinski definition) is 3. The molecule has 134 valence electrons. The summed E-state index contributed by atoms with van der Waals surface area (Å²) in [5, 5.41) is 9.08. The van der Waals surface area contributed by atoms with Gasteiger partial charge in [-0.25, -0.2) is 4.98 Å². The molecule has 0 aliphatic carbocycles. The Morgan fingerprint density at radius 1 is 1.28 bits per heavy atom. The smallest absolute Gasteiger partial charge is 0.449 e. The summed E-state index contributed by atoms with van der Waals surface area (Å²) in [5.74, 6) is -3.35. The van der Waals surface area contributed by atoms with Crippen LogP contribution in [-0.4, -0.2) is 44.5 Å². The molecule has 1 aliphatic heterocycles. The molecule has 1 fully saturated rings. The van der Waals surface area contributed by atoms with E-state index in [1.54, 1.807) is 12.1 Å². The van der Waals surface area contributed by atoms with Crippen molar-refractivity contribution >= 4 is 22.9 Å². The van der Waals surface area contributed by atoms with E-state index in [-0.39, 0.29) is 17.6 Å². The van der Waals surface area contributed by atoms with Crippen molar-refractivity contribution in [3.05, 3.63) is 30.1 Å². The van der Waals surface area contributed by atoms with Crippen molar-refractivity contribution in [2.24, 2.45) is 5.92 Å². The zero-order valence-electron chi connectivity index (χ0n) is 13.2. The van der Waals surface area contributed by atoms with Gasteiger partial charge >= 0.3 is 12.1 Å². The molecule has 1 aromatic heterocycles. The summed E-state index contributed by atoms with van der Waals surface area (Å²) in [6.45, 7) is -0.166. The number of amides is 1. The number of carbonyl (C=O) groups excluding carboxylic acids is 1. The summed E-state index contributed by atoms with van der Waals surface area (Å²) < 4.78 is 40.6. The fraction of sp³-hybridized carbons (Fsp3) is 0.438. The number of piperidine rings is 1. The molecule has 0 unspecified atom stereocenters. The summed E-state index contributed by atoms with van der Waals surface area (Å²) in [6.07, 6.45) is -3.72. The molecule has 6 nitrogen and oxygen atoms in total. The number of likely N-dealkylation sites (tertiary alicyclic amines) is 1. The maximum absolute atomic E-state index is 13.3. The van der Waals surface area contributed by atoms with Gasteiger partial charge in [-0.3, -0.25) is 9.59 Å². The molecular weight excluding hydrogens is 339 g/mol. The van der Waals surface area contributed by atoms with Crippen molar-refractivity contribution in [3.63, 3.8) is 0 Å². The number of halogens is 3. The van der Waals surface area contributed by atoms with Gasteiger partial charge in [-0.2, -0.15) is 13.2 Å². The molecule has 1 amide bonds. The van der Waals surface area contributed by atoms with Gasteiger partial charge in [0, 0.05) is 13.1 Å². The van der Waals surface area contributed by atoms with Gasteiger partial charge in [-0.05, 0) is 25.0 Å². The van der Waals surface area contributed by atoms with Gasteiger partial charge < -0.3 is 14.6 Å². The molecule has 0 bridgehead atoms. The van der Waals surface area contributed by atoms with Crippen LogP contribution < -0.4 is 0 Å². The Kier molecular flexibility index (Phi) is 4.40. The summed E-state index contributed by atoms with van der Waals surface area (Å²) >= 11 is 0. The van der Waals surface area contributed by atoms with E-state index in [4.69, 9.17) is 5.11 Å². The van der Waals surface area contributed by atoms with E-state index >= 15 is 0 Å². The largest absolute Gasteiger partial charge is 0.481 e. The first-order chi connectivity index (χ1) is 11.8. The highest BCUT2D eigenvalue weighted by Gasteiger charge is 2.38. The van der Waals surface area contributed by atoms with Crippen molar-refractivity contribution in [3.8, 4) is 0 Å². The first-order valence-electron chi connectivity index (χ1n) is 7.80. The fourth-order valence-electron chi connectivity index (χ4n) is 3.09. The number of aromatic nitrogens is 2. The Balaban J connectivity index is 1.89. The second kappa shape index (κ2) is 6.38. The Labute approximate surface area is 140 Å². The van der Waals surface area contributed by atoms with E-state index in [0.29, 0.717) is 19.4 Å². The molecule has 1 atom stereocenters. The van der Waals surface area contributed by atoms with Crippen LogP contribution in [0.1, 0.15) is 18.7 Å². The third-order valence-electron chi connectivity index (χ3n) is 4.32. The topological polar surface area (TPSA) is 75.4 Å². The zero-order valence-corrected chi connectivity index (χ0v) is 13.2. The molecular formula is C16H16F3N3O3. The van der Waals surface area contributed by atoms with Crippen molar-refractivity contribution < 1.29 is 27.9 Å². The van der Waals surface area contributed by atoms with E-state index in [9.17, 15) is 22.8 Å². The Morgan fingerprint density at radius 3 is 2.68 bits per heavy atom. The lowest BCUT2D eigenvalue weighted by molar-refractivity contribution is -0.148. The fourth-order valence-corrected chi connectivity index (χ4v) is 3.09. The molecule has 1 aromatic carbocycles. The van der Waals surface area contributed by atoms with Crippen LogP contribution >= 0.6 is 0 Å². The summed E-state index contributed by atoms with van der Waals surface area (Å²) in [5.41, 5.74) is 0.375. The van der Waals surface area contributed by atoms with Gasteiger partial charge in [-0.15, -0.1) is 0 Å². The van der Waals surface area contributed by atoms with Crippen LogP contribution in [0, 0.1) is 5.92 Å². The Bertz CT molecular complexity index is 816. The molecule has 0 radical (unpaired) electrons. The van der Waals surface area contributed by atoms with E-state index in [1.807, 2.05) is 0 Å². The molecule has 2 heterocycles. The number of nitrogens with zero attached hydrogens (tertiary/aromatic N) is 3. The highest BCUT2D eigenvalue weighted by molar-refractivity contribution is 5.82. The minimum atomic E-state index is -4.69. The van der Waals surface area contributed by atoms with Crippen molar-refractivity contribution in [2.75, 3.05) is 13.1 Å². The Hall–Kier alpha value is -2.58. The number of carboxylic acid groups (broad SMARTS) is 1. The third kappa shape index (κ3) is 3.45. The van der Waals surface area contributed by atoms with Crippen LogP contribution in [0.25, 0.3) is 11.0 Å². The monoisotopic (exact) mass is 355 g/mol. The summed E-state index contributed by atoms with van der Waals surface area (Å²) in [6, 6.07) is 6.07. The van der Waals surface area contributed by atoms with Crippen LogP contribution in [0.5, 0.6) is 0 Å². The van der Waals surface area contributed by atoms with Crippen molar-refractivity contribution in [1.82, 2.24) is 14.5 Å². The van der Waals surface area contributed by atoms with E-state index in [2.05, 4.69) is 4.98 Å². The van der Waals surface area contributed by atoms with Gasteiger partial charge in [0.1, 0.15) is 6.54 Å². The molecule has 1 aliphatic rings. The lowest BCUT2D eigenvalue weighted by Gasteiger charge is -2.31. The summed E-state index contributed by atoms with van der Waals surface area (Å²) in [4.78, 5) is 28.5. The zero-order chi connectivity index (χ0) is 18.2. The number of benzene rings is 1. The Morgan fingerprint density at radius 2 is 2.00 bits per heavy atom. The average Bonchev–Trinajstić information content (AvgIpc) is 2.94. The number of aliphatic carboxylic acids is 1. The number of carbonyl (C=O) groups is 2. The highest BCUT2D eigenvalue weighted by atomic mass is 19.4. The number of alkyl halides is 3. The number of fused-ring (bicyclic) bond motifs is 1. The van der Waals surface area contributed by atoms with Gasteiger partial charge in [0.15, 0.2) is 0 Å². The predicted molar refractivity (Wildman–Crippen MR) is 81.7 cm³/mol. The standard InChI is InChI=1S/C16H16F3N3O3/c17-16(18,19)15-20-11-5-1-2-6-12(11)22(15)9-13(23)21-7-3-4-10(8-21)14(24)25/h1-2,5-6,10H,3-4,7-9H2,(H,24,25)/t10-/m0/s1. The molecule has 1 saturated heterocycles. The van der Waals surface area contributed by atoms with Crippen molar-refractivity contribution in [1.29, 1.82) is 0 Å². The lowest BCUT2D eigenvalue weighted by atomic mass is 9.98. The minimum absolute atomic E-state index is 0.0160. The highest BCUT2D eigenvalue weighted by Crippen LogP contribution is 2.31. The second-order valence-electron chi connectivity index (χ2n) is 6.03. The number of imidazole rings is 1. The van der Waals surface area contributed by atoms with Crippen LogP contribution in [0.15, 0.2) is 24.3 Å². The SMILES string of the molecule is O=C(O)[C@H]1CCCN(C(=O)Cn2c(C(F)(F)F)nc3ccccc32)C1. The lowest BCUT2D eigenvalue weighted by Crippen LogP contribution is -2.43. The minimum Gasteiger partial charge on any atom is -0.481 e. The number of rotatable bonds is 3. The van der Waals surface area contributed by atoms with E-state index in [1.165, 1.54) is 17.0 Å². The number of hydrogen-bond donors (Lipinski definition) is 1. The molecule has 3 rings (SSSR count). The molecule has 1 N–H and O–H groups in total. The van der Waals surface area contributed by atoms with Gasteiger partial charge in [0.25, 0.3) is 0 Å². The van der Waals surface area contributed by atoms with Crippen molar-refractivity contribution in [2.45, 2.75) is 25.6 Å². The molecule has 2 aromatic rings. The normalized spacial score (nSPS) is 18.5. The number of carboxylic acids is 1. The third-order valence-corrected chi connectivity index (χ3v) is 4.32. The van der Waals surface area contributed by atoms with Crippen LogP contribution in [-0.2, 0) is 22.3 Å². The quantitative estimate of drug-likeness (QED) is 0.917. The van der Waals surface area contributed by atoms with Gasteiger partial charge in [0.05, 0.1) is 17.0 Å². The first-order valence-corrected chi connectivity index (χ1v) is 7.80. The van der Waals surface area contributed by atoms with Gasteiger partial charge in [-0.1, -0.05) is 12.1 Å². The number of para-hydroxylation sites is 2. The predicted octanol–water partition coefficient (Wildman–Crippen LogP) is 2.38. The molecule has 9 heteroatoms. The molecule has 25 heavy (non-hydrogen) atoms. The molecule has 0 spiro atoms. The maximum atomic E-state index is 13.3. The van der Waals surface area contributed by atoms with E-state index < -0.39 is 36.3 Å². The summed E-state index contributed by atoms with van der Waals surface area (Å²) in [7, 11) is 0. The van der Waals surface area contributed by atoms with E-state index in [0.717, 1.165) is 4.57 Å². The average molecular weight is 355 g/mol.